The number of nitrogens with one attached hydrogen (secondary N) is 1. The summed E-state index contributed by atoms with van der Waals surface area (Å²) in [7, 11) is 3.39. The average Bonchev–Trinajstić information content (AvgIpc) is 2.62. The molecule has 2 bridgehead atoms. The van der Waals surface area contributed by atoms with Gasteiger partial charge in [-0.3, -0.25) is 9.69 Å². The van der Waals surface area contributed by atoms with Gasteiger partial charge in [-0.15, -0.1) is 0 Å². The van der Waals surface area contributed by atoms with Crippen LogP contribution >= 0.6 is 0 Å². The lowest BCUT2D eigenvalue weighted by Gasteiger charge is -2.49. The zero-order valence-electron chi connectivity index (χ0n) is 14.4. The summed E-state index contributed by atoms with van der Waals surface area (Å²) in [5, 5.41) is 2.95. The Labute approximate surface area is 143 Å². The van der Waals surface area contributed by atoms with Crippen LogP contribution in [-0.4, -0.2) is 49.1 Å². The van der Waals surface area contributed by atoms with E-state index in [0.29, 0.717) is 18.4 Å². The lowest BCUT2D eigenvalue weighted by molar-refractivity contribution is -0.147. The van der Waals surface area contributed by atoms with Gasteiger partial charge in [-0.1, -0.05) is 30.3 Å². The standard InChI is InChI=1S/C19H26N2O3/c1-21-15-10-8-14(9-11-15)17(21)18(22)20-16(19(23)24-2)12-13-6-4-3-5-7-13/h3-7,14-17H,8-12H2,1-2H3,(H,20,22). The van der Waals surface area contributed by atoms with Crippen LogP contribution in [0.3, 0.4) is 0 Å². The third-order valence-electron chi connectivity index (χ3n) is 5.56. The molecule has 3 aliphatic rings. The maximum atomic E-state index is 12.9. The molecule has 3 fully saturated rings. The highest BCUT2D eigenvalue weighted by molar-refractivity contribution is 5.88. The van der Waals surface area contributed by atoms with E-state index in [1.165, 1.54) is 20.0 Å². The third kappa shape index (κ3) is 3.46. The summed E-state index contributed by atoms with van der Waals surface area (Å²) < 4.78 is 4.89. The highest BCUT2D eigenvalue weighted by Crippen LogP contribution is 2.38. The minimum Gasteiger partial charge on any atom is -0.467 e. The molecule has 0 radical (unpaired) electrons. The van der Waals surface area contributed by atoms with Crippen LogP contribution in [0, 0.1) is 5.92 Å². The molecular weight excluding hydrogens is 304 g/mol. The Kier molecular flexibility index (Phi) is 5.19. The van der Waals surface area contributed by atoms with Crippen LogP contribution in [0.4, 0.5) is 0 Å². The van der Waals surface area contributed by atoms with Crippen molar-refractivity contribution in [3.05, 3.63) is 35.9 Å². The van der Waals surface area contributed by atoms with Gasteiger partial charge in [-0.05, 0) is 44.2 Å². The number of esters is 1. The maximum Gasteiger partial charge on any atom is 0.328 e. The molecule has 1 aromatic rings. The molecule has 2 unspecified atom stereocenters. The van der Waals surface area contributed by atoms with Crippen molar-refractivity contribution in [2.75, 3.05) is 14.2 Å². The number of ether oxygens (including phenoxy) is 1. The van der Waals surface area contributed by atoms with Gasteiger partial charge in [0.1, 0.15) is 6.04 Å². The van der Waals surface area contributed by atoms with Gasteiger partial charge in [0.25, 0.3) is 0 Å². The first-order valence-corrected chi connectivity index (χ1v) is 8.74. The zero-order valence-corrected chi connectivity index (χ0v) is 14.4. The molecule has 1 saturated carbocycles. The van der Waals surface area contributed by atoms with Gasteiger partial charge in [0.05, 0.1) is 13.2 Å². The Bertz CT molecular complexity index is 580. The van der Waals surface area contributed by atoms with Crippen molar-refractivity contribution >= 4 is 11.9 Å². The number of hydrogen-bond donors (Lipinski definition) is 1. The second-order valence-corrected chi connectivity index (χ2v) is 6.95. The Balaban J connectivity index is 1.70. The lowest BCUT2D eigenvalue weighted by atomic mass is 9.74. The van der Waals surface area contributed by atoms with Crippen LogP contribution in [0.25, 0.3) is 0 Å². The number of likely N-dealkylation sites (N-methyl/N-ethyl adjacent to an activating group) is 1. The van der Waals surface area contributed by atoms with Crippen molar-refractivity contribution in [3.8, 4) is 0 Å². The fourth-order valence-electron chi connectivity index (χ4n) is 4.23. The summed E-state index contributed by atoms with van der Waals surface area (Å²) in [6.45, 7) is 0. The van der Waals surface area contributed by atoms with E-state index in [1.54, 1.807) is 0 Å². The monoisotopic (exact) mass is 330 g/mol. The highest BCUT2D eigenvalue weighted by Gasteiger charge is 2.44. The number of nitrogens with zero attached hydrogens (tertiary/aromatic N) is 1. The Morgan fingerprint density at radius 2 is 1.88 bits per heavy atom. The van der Waals surface area contributed by atoms with E-state index in [9.17, 15) is 9.59 Å². The van der Waals surface area contributed by atoms with E-state index >= 15 is 0 Å². The predicted molar refractivity (Wildman–Crippen MR) is 91.4 cm³/mol. The van der Waals surface area contributed by atoms with Gasteiger partial charge in [0.15, 0.2) is 0 Å². The van der Waals surface area contributed by atoms with E-state index in [2.05, 4.69) is 10.2 Å². The summed E-state index contributed by atoms with van der Waals surface area (Å²) in [6.07, 6.45) is 5.01. The molecule has 2 saturated heterocycles. The zero-order chi connectivity index (χ0) is 17.1. The van der Waals surface area contributed by atoms with E-state index in [4.69, 9.17) is 4.74 Å². The molecule has 2 atom stereocenters. The predicted octanol–water partition coefficient (Wildman–Crippen LogP) is 1.76. The van der Waals surface area contributed by atoms with Crippen LogP contribution in [0.15, 0.2) is 30.3 Å². The van der Waals surface area contributed by atoms with Crippen molar-refractivity contribution in [1.29, 1.82) is 0 Å². The number of fused-ring (bicyclic) bond motifs is 3. The number of benzene rings is 1. The molecular formula is C19H26N2O3. The summed E-state index contributed by atoms with van der Waals surface area (Å²) in [6, 6.07) is 9.44. The van der Waals surface area contributed by atoms with Crippen LogP contribution in [0.5, 0.6) is 0 Å². The van der Waals surface area contributed by atoms with Crippen LogP contribution in [0.1, 0.15) is 31.2 Å². The van der Waals surface area contributed by atoms with Crippen LogP contribution in [0.2, 0.25) is 0 Å². The maximum absolute atomic E-state index is 12.9. The van der Waals surface area contributed by atoms with Crippen molar-refractivity contribution in [2.24, 2.45) is 5.92 Å². The quantitative estimate of drug-likeness (QED) is 0.836. The molecule has 2 heterocycles. The highest BCUT2D eigenvalue weighted by atomic mass is 16.5. The minimum absolute atomic E-state index is 0.0433. The lowest BCUT2D eigenvalue weighted by Crippen LogP contribution is -2.61. The number of piperidine rings is 2. The number of rotatable bonds is 5. The molecule has 5 heteroatoms. The van der Waals surface area contributed by atoms with Crippen molar-refractivity contribution < 1.29 is 14.3 Å². The minimum atomic E-state index is -0.640. The van der Waals surface area contributed by atoms with Gasteiger partial charge in [-0.2, -0.15) is 0 Å². The van der Waals surface area contributed by atoms with Gasteiger partial charge in [0, 0.05) is 12.5 Å². The molecule has 2 aliphatic heterocycles. The Hall–Kier alpha value is -1.88. The first kappa shape index (κ1) is 17.0. The normalized spacial score (nSPS) is 27.5. The SMILES string of the molecule is COC(=O)C(Cc1ccccc1)NC(=O)C1C2CCC(CC2)N1C. The van der Waals surface area contributed by atoms with Gasteiger partial charge >= 0.3 is 5.97 Å². The molecule has 24 heavy (non-hydrogen) atoms. The number of hydrogen-bond acceptors (Lipinski definition) is 4. The summed E-state index contributed by atoms with van der Waals surface area (Å²) in [5.74, 6) is -0.0379. The molecule has 4 rings (SSSR count). The molecule has 0 spiro atoms. The van der Waals surface area contributed by atoms with Gasteiger partial charge in [0.2, 0.25) is 5.91 Å². The molecule has 1 aliphatic carbocycles. The second-order valence-electron chi connectivity index (χ2n) is 6.95. The van der Waals surface area contributed by atoms with Gasteiger partial charge < -0.3 is 10.1 Å². The third-order valence-corrected chi connectivity index (χ3v) is 5.56. The summed E-state index contributed by atoms with van der Waals surface area (Å²) >= 11 is 0. The van der Waals surface area contributed by atoms with Gasteiger partial charge in [-0.25, -0.2) is 4.79 Å². The van der Waals surface area contributed by atoms with Crippen molar-refractivity contribution in [1.82, 2.24) is 10.2 Å². The average molecular weight is 330 g/mol. The van der Waals surface area contributed by atoms with E-state index < -0.39 is 12.0 Å². The number of amides is 1. The first-order valence-electron chi connectivity index (χ1n) is 8.74. The Morgan fingerprint density at radius 1 is 1.21 bits per heavy atom. The summed E-state index contributed by atoms with van der Waals surface area (Å²) in [5.41, 5.74) is 1.01. The molecule has 5 nitrogen and oxygen atoms in total. The summed E-state index contributed by atoms with van der Waals surface area (Å²) in [4.78, 5) is 27.2. The number of methoxy groups -OCH3 is 1. The molecule has 1 aromatic carbocycles. The molecule has 1 N–H and O–H groups in total. The Morgan fingerprint density at radius 3 is 2.46 bits per heavy atom. The number of carbonyl (C=O) groups is 2. The largest absolute Gasteiger partial charge is 0.467 e. The van der Waals surface area contributed by atoms with E-state index in [-0.39, 0.29) is 11.9 Å². The van der Waals surface area contributed by atoms with Crippen LogP contribution < -0.4 is 5.32 Å². The molecule has 0 aromatic heterocycles. The van der Waals surface area contributed by atoms with Crippen molar-refractivity contribution in [3.63, 3.8) is 0 Å². The second kappa shape index (κ2) is 7.34. The smallest absolute Gasteiger partial charge is 0.328 e. The van der Waals surface area contributed by atoms with Crippen LogP contribution in [-0.2, 0) is 20.7 Å². The fraction of sp³-hybridized carbons (Fsp3) is 0.579. The fourth-order valence-corrected chi connectivity index (χ4v) is 4.23. The topological polar surface area (TPSA) is 58.6 Å². The first-order chi connectivity index (χ1) is 11.6. The van der Waals surface area contributed by atoms with E-state index in [1.807, 2.05) is 37.4 Å². The number of carbonyl (C=O) groups excluding carboxylic acids is 2. The molecule has 1 amide bonds. The molecule has 130 valence electrons. The van der Waals surface area contributed by atoms with Crippen molar-refractivity contribution in [2.45, 2.75) is 50.2 Å². The van der Waals surface area contributed by atoms with E-state index in [0.717, 1.165) is 18.4 Å².